The van der Waals surface area contributed by atoms with Gasteiger partial charge in [0.25, 0.3) is 0 Å². The molecule has 0 saturated heterocycles. The maximum atomic E-state index is 12.3. The van der Waals surface area contributed by atoms with Gasteiger partial charge in [-0.05, 0) is 42.7 Å². The first-order valence-corrected chi connectivity index (χ1v) is 11.2. The Bertz CT molecular complexity index is 878. The van der Waals surface area contributed by atoms with E-state index in [4.69, 9.17) is 4.98 Å². The van der Waals surface area contributed by atoms with E-state index in [0.717, 1.165) is 34.0 Å². The minimum Gasteiger partial charge on any atom is -0.335 e. The van der Waals surface area contributed by atoms with Gasteiger partial charge in [0.1, 0.15) is 5.69 Å². The van der Waals surface area contributed by atoms with E-state index < -0.39 is 11.3 Å². The number of H-pyrrole nitrogens is 1. The maximum absolute atomic E-state index is 12.3. The Labute approximate surface area is 168 Å². The topological polar surface area (TPSA) is 86.9 Å². The summed E-state index contributed by atoms with van der Waals surface area (Å²) in [5.74, 6) is -0.329. The fraction of sp³-hybridized carbons (Fsp3) is 0.278. The summed E-state index contributed by atoms with van der Waals surface area (Å²) in [6, 6.07) is 7.86. The molecule has 0 radical (unpaired) electrons. The third-order valence-corrected chi connectivity index (χ3v) is 6.76. The fourth-order valence-corrected chi connectivity index (χ4v) is 4.73. The number of nitrogens with zero attached hydrogens (tertiary/aromatic N) is 1. The van der Waals surface area contributed by atoms with E-state index in [-0.39, 0.29) is 11.9 Å². The van der Waals surface area contributed by atoms with E-state index in [1.54, 1.807) is 29.6 Å². The molecule has 4 rings (SSSR count). The number of thiophene rings is 2. The van der Waals surface area contributed by atoms with E-state index in [2.05, 4.69) is 15.6 Å². The third-order valence-electron chi connectivity index (χ3n) is 4.01. The first-order valence-electron chi connectivity index (χ1n) is 8.56. The second-order valence-corrected chi connectivity index (χ2v) is 9.44. The highest BCUT2D eigenvalue weighted by molar-refractivity contribution is 8.00. The molecule has 1 fully saturated rings. The average Bonchev–Trinajstić information content (AvgIpc) is 3.10. The number of imide groups is 1. The van der Waals surface area contributed by atoms with Crippen molar-refractivity contribution in [3.63, 3.8) is 0 Å². The van der Waals surface area contributed by atoms with Crippen molar-refractivity contribution in [2.45, 2.75) is 36.2 Å². The third kappa shape index (κ3) is 4.42. The molecule has 140 valence electrons. The molecule has 3 heterocycles. The molecule has 0 aromatic carbocycles. The van der Waals surface area contributed by atoms with Gasteiger partial charge in [0.15, 0.2) is 5.16 Å². The number of amides is 3. The molecule has 3 N–H and O–H groups in total. The van der Waals surface area contributed by atoms with Crippen LogP contribution in [0.3, 0.4) is 0 Å². The summed E-state index contributed by atoms with van der Waals surface area (Å²) in [6.45, 7) is 1.77. The van der Waals surface area contributed by atoms with Gasteiger partial charge in [-0.25, -0.2) is 9.78 Å². The summed E-state index contributed by atoms with van der Waals surface area (Å²) in [7, 11) is 0. The highest BCUT2D eigenvalue weighted by Crippen LogP contribution is 2.37. The molecule has 6 nitrogen and oxygen atoms in total. The quantitative estimate of drug-likeness (QED) is 0.520. The molecule has 0 bridgehead atoms. The molecule has 9 heteroatoms. The normalized spacial score (nSPS) is 14.7. The molecule has 1 aliphatic rings. The van der Waals surface area contributed by atoms with Gasteiger partial charge < -0.3 is 10.3 Å². The van der Waals surface area contributed by atoms with Crippen LogP contribution in [0.25, 0.3) is 21.1 Å². The summed E-state index contributed by atoms with van der Waals surface area (Å²) in [5.41, 5.74) is 1.84. The first kappa shape index (κ1) is 18.3. The summed E-state index contributed by atoms with van der Waals surface area (Å²) >= 11 is 4.57. The van der Waals surface area contributed by atoms with Crippen molar-refractivity contribution < 1.29 is 9.59 Å². The van der Waals surface area contributed by atoms with Crippen LogP contribution in [-0.4, -0.2) is 33.2 Å². The number of aromatic amines is 1. The Morgan fingerprint density at radius 3 is 2.56 bits per heavy atom. The Morgan fingerprint density at radius 2 is 1.93 bits per heavy atom. The number of nitrogens with one attached hydrogen (secondary N) is 3. The molecule has 1 aliphatic carbocycles. The van der Waals surface area contributed by atoms with Crippen LogP contribution in [0.4, 0.5) is 4.79 Å². The van der Waals surface area contributed by atoms with Crippen molar-refractivity contribution in [1.82, 2.24) is 20.6 Å². The van der Waals surface area contributed by atoms with Gasteiger partial charge in [0.05, 0.1) is 20.7 Å². The molecule has 0 aliphatic heterocycles. The van der Waals surface area contributed by atoms with E-state index in [0.29, 0.717) is 5.16 Å². The van der Waals surface area contributed by atoms with Crippen molar-refractivity contribution in [1.29, 1.82) is 0 Å². The van der Waals surface area contributed by atoms with Gasteiger partial charge in [-0.1, -0.05) is 23.9 Å². The number of thioether (sulfide) groups is 1. The van der Waals surface area contributed by atoms with Gasteiger partial charge >= 0.3 is 6.03 Å². The predicted octanol–water partition coefficient (Wildman–Crippen LogP) is 4.34. The lowest BCUT2D eigenvalue weighted by molar-refractivity contribution is -0.119. The van der Waals surface area contributed by atoms with E-state index >= 15 is 0 Å². The van der Waals surface area contributed by atoms with Gasteiger partial charge in [-0.15, -0.1) is 22.7 Å². The van der Waals surface area contributed by atoms with Crippen molar-refractivity contribution in [3.8, 4) is 21.1 Å². The Hall–Kier alpha value is -2.10. The standard InChI is InChI=1S/C18H18N4O2S3/c1-10(16(23)22-17(24)19-11-6-7-11)27-18-20-14(12-4-2-8-25-12)15(21-18)13-5-3-9-26-13/h2-5,8-11H,6-7H2,1H3,(H,20,21)(H2,19,22,23,24)/t10-/m1/s1. The first-order chi connectivity index (χ1) is 13.1. The van der Waals surface area contributed by atoms with Crippen molar-refractivity contribution in [2.24, 2.45) is 0 Å². The van der Waals surface area contributed by atoms with Gasteiger partial charge in [-0.2, -0.15) is 0 Å². The summed E-state index contributed by atoms with van der Waals surface area (Å²) in [4.78, 5) is 34.3. The Morgan fingerprint density at radius 1 is 1.22 bits per heavy atom. The molecule has 1 saturated carbocycles. The van der Waals surface area contributed by atoms with Crippen molar-refractivity contribution in [3.05, 3.63) is 35.0 Å². The van der Waals surface area contributed by atoms with E-state index in [1.165, 1.54) is 11.8 Å². The van der Waals surface area contributed by atoms with Gasteiger partial charge in [0.2, 0.25) is 5.91 Å². The minimum atomic E-state index is -0.450. The molecule has 1 atom stereocenters. The highest BCUT2D eigenvalue weighted by Gasteiger charge is 2.26. The van der Waals surface area contributed by atoms with E-state index in [1.807, 2.05) is 35.0 Å². The van der Waals surface area contributed by atoms with Crippen LogP contribution in [0.1, 0.15) is 19.8 Å². The molecule has 0 spiro atoms. The number of carbonyl (C=O) groups excluding carboxylic acids is 2. The number of hydrogen-bond acceptors (Lipinski definition) is 6. The van der Waals surface area contributed by atoms with Crippen LogP contribution in [0.15, 0.2) is 40.2 Å². The second-order valence-electron chi connectivity index (χ2n) is 6.22. The number of hydrogen-bond donors (Lipinski definition) is 3. The van der Waals surface area contributed by atoms with Crippen molar-refractivity contribution in [2.75, 3.05) is 0 Å². The SMILES string of the molecule is C[C@@H](Sc1nc(-c2cccs2)c(-c2cccs2)[nH]1)C(=O)NC(=O)NC1CC1. The van der Waals surface area contributed by atoms with Crippen LogP contribution < -0.4 is 10.6 Å². The largest absolute Gasteiger partial charge is 0.335 e. The zero-order valence-electron chi connectivity index (χ0n) is 14.5. The number of imidazole rings is 1. The Balaban J connectivity index is 1.49. The fourth-order valence-electron chi connectivity index (χ4n) is 2.48. The molecule has 0 unspecified atom stereocenters. The Kier molecular flexibility index (Phi) is 5.33. The summed E-state index contributed by atoms with van der Waals surface area (Å²) < 4.78 is 0. The lowest BCUT2D eigenvalue weighted by Crippen LogP contribution is -2.43. The lowest BCUT2D eigenvalue weighted by atomic mass is 10.2. The van der Waals surface area contributed by atoms with Crippen molar-refractivity contribution >= 4 is 46.4 Å². The summed E-state index contributed by atoms with van der Waals surface area (Å²) in [6.07, 6.45) is 1.96. The van der Waals surface area contributed by atoms with Crippen LogP contribution in [-0.2, 0) is 4.79 Å². The van der Waals surface area contributed by atoms with Crippen LogP contribution >= 0.6 is 34.4 Å². The molecular formula is C18H18N4O2S3. The van der Waals surface area contributed by atoms with Crippen LogP contribution in [0.2, 0.25) is 0 Å². The monoisotopic (exact) mass is 418 g/mol. The molecule has 3 aromatic rings. The molecule has 3 aromatic heterocycles. The number of aromatic nitrogens is 2. The summed E-state index contributed by atoms with van der Waals surface area (Å²) in [5, 5.41) is 9.40. The predicted molar refractivity (Wildman–Crippen MR) is 110 cm³/mol. The van der Waals surface area contributed by atoms with Crippen LogP contribution in [0, 0.1) is 0 Å². The second kappa shape index (κ2) is 7.87. The number of urea groups is 1. The smallest absolute Gasteiger partial charge is 0.321 e. The number of rotatable bonds is 6. The van der Waals surface area contributed by atoms with Gasteiger partial charge in [-0.3, -0.25) is 10.1 Å². The zero-order chi connectivity index (χ0) is 18.8. The molecular weight excluding hydrogens is 400 g/mol. The number of carbonyl (C=O) groups is 2. The maximum Gasteiger partial charge on any atom is 0.321 e. The zero-order valence-corrected chi connectivity index (χ0v) is 17.0. The van der Waals surface area contributed by atoms with E-state index in [9.17, 15) is 9.59 Å². The lowest BCUT2D eigenvalue weighted by Gasteiger charge is -2.10. The highest BCUT2D eigenvalue weighted by atomic mass is 32.2. The van der Waals surface area contributed by atoms with Crippen LogP contribution in [0.5, 0.6) is 0 Å². The molecule has 3 amide bonds. The molecule has 27 heavy (non-hydrogen) atoms. The average molecular weight is 419 g/mol. The van der Waals surface area contributed by atoms with Gasteiger partial charge in [0, 0.05) is 6.04 Å². The minimum absolute atomic E-state index is 0.215.